The molecule has 104 valence electrons. The van der Waals surface area contributed by atoms with Gasteiger partial charge in [-0.3, -0.25) is 0 Å². The van der Waals surface area contributed by atoms with Gasteiger partial charge in [0.15, 0.2) is 0 Å². The van der Waals surface area contributed by atoms with Gasteiger partial charge in [0.05, 0.1) is 13.2 Å². The van der Waals surface area contributed by atoms with E-state index in [2.05, 4.69) is 34.1 Å². The van der Waals surface area contributed by atoms with Crippen molar-refractivity contribution in [1.29, 1.82) is 0 Å². The topological polar surface area (TPSA) is 35.9 Å². The quantitative estimate of drug-likeness (QED) is 0.892. The summed E-state index contributed by atoms with van der Waals surface area (Å²) in [7, 11) is 0. The van der Waals surface area contributed by atoms with E-state index in [0.717, 1.165) is 45.8 Å². The van der Waals surface area contributed by atoms with Gasteiger partial charge in [0.1, 0.15) is 0 Å². The van der Waals surface area contributed by atoms with Crippen molar-refractivity contribution in [3.05, 3.63) is 24.3 Å². The highest BCUT2D eigenvalue weighted by Crippen LogP contribution is 2.26. The number of hydrogen-bond acceptors (Lipinski definition) is 4. The molecule has 1 unspecified atom stereocenters. The number of nitrogens with zero attached hydrogens (tertiary/aromatic N) is 2. The molecule has 0 bridgehead atoms. The molecule has 4 heteroatoms. The minimum atomic E-state index is 0.308. The number of morpholine rings is 1. The van der Waals surface area contributed by atoms with E-state index in [1.54, 1.807) is 0 Å². The molecule has 1 atom stereocenters. The molecule has 0 aromatic heterocycles. The molecule has 0 amide bonds. The molecular weight excluding hydrogens is 240 g/mol. The molecule has 1 N–H and O–H groups in total. The van der Waals surface area contributed by atoms with Crippen LogP contribution in [0.1, 0.15) is 6.42 Å². The highest BCUT2D eigenvalue weighted by atomic mass is 16.5. The van der Waals surface area contributed by atoms with Crippen LogP contribution in [-0.4, -0.2) is 51.1 Å². The molecular formula is C15H22N2O2. The molecule has 4 nitrogen and oxygen atoms in total. The van der Waals surface area contributed by atoms with E-state index < -0.39 is 0 Å². The number of rotatable bonds is 3. The van der Waals surface area contributed by atoms with Crippen LogP contribution in [0.15, 0.2) is 24.3 Å². The van der Waals surface area contributed by atoms with Crippen LogP contribution in [0.2, 0.25) is 0 Å². The lowest BCUT2D eigenvalue weighted by Gasteiger charge is -2.29. The first-order valence-electron chi connectivity index (χ1n) is 7.15. The molecule has 1 aromatic rings. The van der Waals surface area contributed by atoms with Gasteiger partial charge in [-0.25, -0.2) is 0 Å². The van der Waals surface area contributed by atoms with E-state index in [-0.39, 0.29) is 0 Å². The maximum atomic E-state index is 9.20. The second-order valence-electron chi connectivity index (χ2n) is 5.40. The predicted octanol–water partition coefficient (Wildman–Crippen LogP) is 1.34. The van der Waals surface area contributed by atoms with E-state index in [1.165, 1.54) is 11.4 Å². The van der Waals surface area contributed by atoms with Gasteiger partial charge in [0.2, 0.25) is 0 Å². The van der Waals surface area contributed by atoms with Crippen molar-refractivity contribution >= 4 is 11.4 Å². The Hall–Kier alpha value is -1.26. The number of aliphatic hydroxyl groups is 1. The lowest BCUT2D eigenvalue weighted by atomic mass is 10.1. The molecule has 0 aliphatic carbocycles. The van der Waals surface area contributed by atoms with Crippen LogP contribution in [0.3, 0.4) is 0 Å². The summed E-state index contributed by atoms with van der Waals surface area (Å²) in [5, 5.41) is 9.20. The largest absolute Gasteiger partial charge is 0.396 e. The normalized spacial score (nSPS) is 23.9. The SMILES string of the molecule is OCC1CCN(c2ccc(N3CCOCC3)cc2)C1. The molecule has 1 aromatic carbocycles. The van der Waals surface area contributed by atoms with E-state index in [4.69, 9.17) is 4.74 Å². The molecule has 0 saturated carbocycles. The zero-order valence-corrected chi connectivity index (χ0v) is 11.3. The van der Waals surface area contributed by atoms with Crippen LogP contribution in [-0.2, 0) is 4.74 Å². The smallest absolute Gasteiger partial charge is 0.0642 e. The van der Waals surface area contributed by atoms with E-state index in [1.807, 2.05) is 0 Å². The Bertz CT molecular complexity index is 401. The number of anilines is 2. The lowest BCUT2D eigenvalue weighted by molar-refractivity contribution is 0.122. The maximum Gasteiger partial charge on any atom is 0.0642 e. The molecule has 0 radical (unpaired) electrons. The minimum absolute atomic E-state index is 0.308. The average molecular weight is 262 g/mol. The third kappa shape index (κ3) is 2.85. The van der Waals surface area contributed by atoms with Gasteiger partial charge in [-0.1, -0.05) is 0 Å². The lowest BCUT2D eigenvalue weighted by Crippen LogP contribution is -2.36. The van der Waals surface area contributed by atoms with Crippen LogP contribution >= 0.6 is 0 Å². The summed E-state index contributed by atoms with van der Waals surface area (Å²) in [4.78, 5) is 4.73. The van der Waals surface area contributed by atoms with E-state index in [0.29, 0.717) is 12.5 Å². The predicted molar refractivity (Wildman–Crippen MR) is 76.9 cm³/mol. The minimum Gasteiger partial charge on any atom is -0.396 e. The molecule has 0 spiro atoms. The van der Waals surface area contributed by atoms with E-state index >= 15 is 0 Å². The van der Waals surface area contributed by atoms with Crippen LogP contribution in [0.4, 0.5) is 11.4 Å². The first kappa shape index (κ1) is 12.8. The summed E-state index contributed by atoms with van der Waals surface area (Å²) in [6, 6.07) is 8.80. The summed E-state index contributed by atoms with van der Waals surface area (Å²) in [6.07, 6.45) is 1.10. The van der Waals surface area contributed by atoms with Gasteiger partial charge >= 0.3 is 0 Å². The summed E-state index contributed by atoms with van der Waals surface area (Å²) in [6.45, 7) is 5.96. The van der Waals surface area contributed by atoms with Crippen molar-refractivity contribution < 1.29 is 9.84 Å². The van der Waals surface area contributed by atoms with Gasteiger partial charge in [-0.2, -0.15) is 0 Å². The number of hydrogen-bond donors (Lipinski definition) is 1. The standard InChI is InChI=1S/C15H22N2O2/c18-12-13-5-6-17(11-13)15-3-1-14(2-4-15)16-7-9-19-10-8-16/h1-4,13,18H,5-12H2. The Morgan fingerprint density at radius 1 is 1.00 bits per heavy atom. The molecule has 3 rings (SSSR count). The molecule has 2 aliphatic heterocycles. The van der Waals surface area contributed by atoms with Crippen molar-refractivity contribution in [2.24, 2.45) is 5.92 Å². The fraction of sp³-hybridized carbons (Fsp3) is 0.600. The monoisotopic (exact) mass is 262 g/mol. The van der Waals surface area contributed by atoms with Gasteiger partial charge in [0.25, 0.3) is 0 Å². The van der Waals surface area contributed by atoms with Gasteiger partial charge < -0.3 is 19.6 Å². The van der Waals surface area contributed by atoms with Gasteiger partial charge in [0, 0.05) is 50.1 Å². The van der Waals surface area contributed by atoms with E-state index in [9.17, 15) is 5.11 Å². The van der Waals surface area contributed by atoms with Crippen LogP contribution in [0.5, 0.6) is 0 Å². The van der Waals surface area contributed by atoms with Crippen LogP contribution < -0.4 is 9.80 Å². The summed E-state index contributed by atoms with van der Waals surface area (Å²) < 4.78 is 5.38. The summed E-state index contributed by atoms with van der Waals surface area (Å²) in [5.41, 5.74) is 2.55. The summed E-state index contributed by atoms with van der Waals surface area (Å²) >= 11 is 0. The fourth-order valence-corrected chi connectivity index (χ4v) is 2.91. The van der Waals surface area contributed by atoms with Crippen molar-refractivity contribution in [2.45, 2.75) is 6.42 Å². The second-order valence-corrected chi connectivity index (χ2v) is 5.40. The Labute approximate surface area is 114 Å². The first-order chi connectivity index (χ1) is 9.36. The number of ether oxygens (including phenoxy) is 1. The summed E-state index contributed by atoms with van der Waals surface area (Å²) in [5.74, 6) is 0.443. The van der Waals surface area contributed by atoms with Crippen LogP contribution in [0, 0.1) is 5.92 Å². The first-order valence-corrected chi connectivity index (χ1v) is 7.15. The van der Waals surface area contributed by atoms with Gasteiger partial charge in [-0.15, -0.1) is 0 Å². The fourth-order valence-electron chi connectivity index (χ4n) is 2.91. The Balaban J connectivity index is 1.65. The maximum absolute atomic E-state index is 9.20. The van der Waals surface area contributed by atoms with Crippen molar-refractivity contribution in [2.75, 3.05) is 55.8 Å². The molecule has 2 aliphatic rings. The van der Waals surface area contributed by atoms with Gasteiger partial charge in [-0.05, 0) is 30.7 Å². The number of benzene rings is 1. The second kappa shape index (κ2) is 5.80. The zero-order valence-electron chi connectivity index (χ0n) is 11.3. The van der Waals surface area contributed by atoms with Crippen molar-refractivity contribution in [3.8, 4) is 0 Å². The molecule has 19 heavy (non-hydrogen) atoms. The Morgan fingerprint density at radius 2 is 1.63 bits per heavy atom. The van der Waals surface area contributed by atoms with Crippen molar-refractivity contribution in [1.82, 2.24) is 0 Å². The molecule has 2 heterocycles. The third-order valence-electron chi connectivity index (χ3n) is 4.14. The Morgan fingerprint density at radius 3 is 2.21 bits per heavy atom. The van der Waals surface area contributed by atoms with Crippen molar-refractivity contribution in [3.63, 3.8) is 0 Å². The zero-order chi connectivity index (χ0) is 13.1. The van der Waals surface area contributed by atoms with Crippen LogP contribution in [0.25, 0.3) is 0 Å². The highest BCUT2D eigenvalue weighted by Gasteiger charge is 2.22. The molecule has 2 saturated heterocycles. The molecule has 2 fully saturated rings. The highest BCUT2D eigenvalue weighted by molar-refractivity contribution is 5.57. The third-order valence-corrected chi connectivity index (χ3v) is 4.14. The average Bonchev–Trinajstić information content (AvgIpc) is 2.97. The Kier molecular flexibility index (Phi) is 3.89. The number of aliphatic hydroxyl groups excluding tert-OH is 1.